The van der Waals surface area contributed by atoms with Crippen molar-refractivity contribution in [2.24, 2.45) is 0 Å². The van der Waals surface area contributed by atoms with Crippen molar-refractivity contribution >= 4 is 39.5 Å². The van der Waals surface area contributed by atoms with Crippen LogP contribution < -0.4 is 33.9 Å². The van der Waals surface area contributed by atoms with Crippen LogP contribution in [0.1, 0.15) is 10.6 Å². The quantitative estimate of drug-likeness (QED) is 0.361. The summed E-state index contributed by atoms with van der Waals surface area (Å²) in [4.78, 5) is 19.6. The van der Waals surface area contributed by atoms with Gasteiger partial charge in [-0.2, -0.15) is 0 Å². The Morgan fingerprint density at radius 2 is 1.28 bits per heavy atom. The van der Waals surface area contributed by atoms with E-state index in [9.17, 15) is 4.79 Å². The third-order valence-electron chi connectivity index (χ3n) is 5.53. The van der Waals surface area contributed by atoms with E-state index >= 15 is 0 Å². The average Bonchev–Trinajstić information content (AvgIpc) is 3.20. The summed E-state index contributed by atoms with van der Waals surface area (Å²) in [6, 6.07) is 33.8. The van der Waals surface area contributed by atoms with Crippen LogP contribution in [0, 0.1) is 6.92 Å². The molecule has 0 aliphatic heterocycles. The lowest BCUT2D eigenvalue weighted by atomic mass is 10.3. The van der Waals surface area contributed by atoms with Crippen molar-refractivity contribution in [2.75, 3.05) is 0 Å². The summed E-state index contributed by atoms with van der Waals surface area (Å²) in [6.07, 6.45) is 2.57. The van der Waals surface area contributed by atoms with E-state index in [1.807, 2.05) is 13.1 Å². The van der Waals surface area contributed by atoms with Gasteiger partial charge in [0.2, 0.25) is 0 Å². The summed E-state index contributed by atoms with van der Waals surface area (Å²) < 4.78 is 1.65. The molecule has 0 N–H and O–H groups in total. The van der Waals surface area contributed by atoms with Gasteiger partial charge in [-0.1, -0.05) is 54.6 Å². The molecular weight excluding hydrogens is 455 g/mol. The molecule has 5 rings (SSSR count). The normalized spacial score (nSPS) is 11.3. The van der Waals surface area contributed by atoms with Crippen LogP contribution in [0.25, 0.3) is 4.96 Å². The fourth-order valence-corrected chi connectivity index (χ4v) is 9.13. The van der Waals surface area contributed by atoms with Crippen molar-refractivity contribution < 1.29 is 12.4 Å². The lowest BCUT2D eigenvalue weighted by Gasteiger charge is -2.27. The third-order valence-corrected chi connectivity index (χ3v) is 10.8. The van der Waals surface area contributed by atoms with Crippen molar-refractivity contribution in [3.63, 3.8) is 0 Å². The predicted molar refractivity (Wildman–Crippen MR) is 133 cm³/mol. The average molecular weight is 477 g/mol. The van der Waals surface area contributed by atoms with Gasteiger partial charge < -0.3 is 12.4 Å². The molecule has 6 heteroatoms. The molecular formula is C26H22ClN2OPS. The smallest absolute Gasteiger partial charge is 0.258 e. The first-order valence-corrected chi connectivity index (χ1v) is 13.0. The number of halogens is 1. The highest BCUT2D eigenvalue weighted by Gasteiger charge is 2.45. The van der Waals surface area contributed by atoms with E-state index < -0.39 is 7.26 Å². The van der Waals surface area contributed by atoms with Crippen LogP contribution in [0.5, 0.6) is 0 Å². The van der Waals surface area contributed by atoms with Gasteiger partial charge in [-0.05, 0) is 43.3 Å². The van der Waals surface area contributed by atoms with E-state index in [0.29, 0.717) is 6.16 Å². The first kappa shape index (κ1) is 22.4. The number of thiazole rings is 1. The summed E-state index contributed by atoms with van der Waals surface area (Å²) in [7, 11) is -2.07. The Bertz CT molecular complexity index is 1290. The molecule has 3 nitrogen and oxygen atoms in total. The maximum absolute atomic E-state index is 12.9. The standard InChI is InChI=1S/C26H22N2OPS.ClH/c1-20-18-28-25(29)17-21(27-26(28)31-20)19-30(22-11-5-2-6-12-22,23-13-7-3-8-14-23)24-15-9-4-10-16-24;/h2-18H,19H2,1H3;1H/q+1;/p-1. The van der Waals surface area contributed by atoms with Crippen molar-refractivity contribution in [3.05, 3.63) is 124 Å². The van der Waals surface area contributed by atoms with Crippen molar-refractivity contribution in [2.45, 2.75) is 13.1 Å². The summed E-state index contributed by atoms with van der Waals surface area (Å²) >= 11 is 1.56. The molecule has 32 heavy (non-hydrogen) atoms. The molecule has 0 aliphatic rings. The SMILES string of the molecule is Cc1cn2c(=O)cc(C[P+](c3ccccc3)(c3ccccc3)c3ccccc3)nc2s1.[Cl-]. The molecule has 0 bridgehead atoms. The van der Waals surface area contributed by atoms with Gasteiger partial charge >= 0.3 is 0 Å². The second-order valence-corrected chi connectivity index (χ2v) is 12.3. The largest absolute Gasteiger partial charge is 1.00 e. The zero-order valence-corrected chi connectivity index (χ0v) is 20.0. The molecule has 0 saturated carbocycles. The van der Waals surface area contributed by atoms with Gasteiger partial charge in [-0.25, -0.2) is 4.98 Å². The Balaban J connectivity index is 0.00000245. The number of aromatic nitrogens is 2. The van der Waals surface area contributed by atoms with Gasteiger partial charge in [0.1, 0.15) is 29.3 Å². The maximum Gasteiger partial charge on any atom is 0.258 e. The number of aryl methyl sites for hydroxylation is 1. The molecule has 0 unspecified atom stereocenters. The Morgan fingerprint density at radius 3 is 1.75 bits per heavy atom. The fourth-order valence-electron chi connectivity index (χ4n) is 4.15. The second-order valence-electron chi connectivity index (χ2n) is 7.55. The topological polar surface area (TPSA) is 34.4 Å². The van der Waals surface area contributed by atoms with E-state index in [0.717, 1.165) is 15.5 Å². The van der Waals surface area contributed by atoms with Crippen molar-refractivity contribution in [1.82, 2.24) is 9.38 Å². The van der Waals surface area contributed by atoms with Gasteiger partial charge in [0, 0.05) is 17.1 Å². The first-order valence-electron chi connectivity index (χ1n) is 10.2. The van der Waals surface area contributed by atoms with E-state index in [-0.39, 0.29) is 18.0 Å². The molecule has 2 aromatic heterocycles. The van der Waals surface area contributed by atoms with Crippen LogP contribution in [0.2, 0.25) is 0 Å². The molecule has 0 aliphatic carbocycles. The van der Waals surface area contributed by atoms with Crippen LogP contribution in [-0.4, -0.2) is 9.38 Å². The van der Waals surface area contributed by atoms with Crippen LogP contribution in [-0.2, 0) is 6.16 Å². The van der Waals surface area contributed by atoms with Gasteiger partial charge in [0.25, 0.3) is 5.56 Å². The monoisotopic (exact) mass is 476 g/mol. The molecule has 5 aromatic rings. The Hall–Kier alpha value is -2.78. The molecule has 0 amide bonds. The van der Waals surface area contributed by atoms with Crippen molar-refractivity contribution in [1.29, 1.82) is 0 Å². The number of rotatable bonds is 5. The van der Waals surface area contributed by atoms with Crippen molar-refractivity contribution in [3.8, 4) is 0 Å². The molecule has 3 aromatic carbocycles. The van der Waals surface area contributed by atoms with Gasteiger partial charge in [-0.3, -0.25) is 9.20 Å². The lowest BCUT2D eigenvalue weighted by Crippen LogP contribution is -3.00. The minimum Gasteiger partial charge on any atom is -1.00 e. The van der Waals surface area contributed by atoms with Gasteiger partial charge in [0.15, 0.2) is 4.96 Å². The number of hydrogen-bond donors (Lipinski definition) is 0. The summed E-state index contributed by atoms with van der Waals surface area (Å²) in [6.45, 7) is 2.01. The minimum absolute atomic E-state index is 0. The summed E-state index contributed by atoms with van der Waals surface area (Å²) in [5, 5.41) is 3.87. The van der Waals surface area contributed by atoms with Crippen LogP contribution in [0.3, 0.4) is 0 Å². The Kier molecular flexibility index (Phi) is 6.57. The fraction of sp³-hybridized carbons (Fsp3) is 0.0769. The van der Waals surface area contributed by atoms with E-state index in [2.05, 4.69) is 91.0 Å². The third kappa shape index (κ3) is 4.02. The highest BCUT2D eigenvalue weighted by molar-refractivity contribution is 7.95. The Morgan fingerprint density at radius 1 is 0.812 bits per heavy atom. The zero-order chi connectivity index (χ0) is 21.3. The number of hydrogen-bond acceptors (Lipinski definition) is 3. The van der Waals surface area contributed by atoms with Crippen LogP contribution >= 0.6 is 18.6 Å². The molecule has 160 valence electrons. The molecule has 0 saturated heterocycles. The maximum atomic E-state index is 12.9. The van der Waals surface area contributed by atoms with Gasteiger partial charge in [-0.15, -0.1) is 11.3 Å². The molecule has 0 radical (unpaired) electrons. The zero-order valence-electron chi connectivity index (χ0n) is 17.6. The first-order chi connectivity index (χ1) is 15.2. The van der Waals surface area contributed by atoms with E-state index in [4.69, 9.17) is 4.98 Å². The van der Waals surface area contributed by atoms with E-state index in [1.165, 1.54) is 15.9 Å². The molecule has 2 heterocycles. The summed E-state index contributed by atoms with van der Waals surface area (Å²) in [5.41, 5.74) is 0.827. The highest BCUT2D eigenvalue weighted by atomic mass is 35.5. The molecule has 0 fully saturated rings. The van der Waals surface area contributed by atoms with Crippen LogP contribution in [0.15, 0.2) is 108 Å². The number of benzene rings is 3. The molecule has 0 atom stereocenters. The Labute approximate surface area is 198 Å². The highest BCUT2D eigenvalue weighted by Crippen LogP contribution is 2.57. The second kappa shape index (κ2) is 9.38. The number of fused-ring (bicyclic) bond motifs is 1. The van der Waals surface area contributed by atoms with Crippen LogP contribution in [0.4, 0.5) is 0 Å². The van der Waals surface area contributed by atoms with E-state index in [1.54, 1.807) is 21.8 Å². The number of nitrogens with zero attached hydrogens (tertiary/aromatic N) is 2. The predicted octanol–water partition coefficient (Wildman–Crippen LogP) is 1.56. The minimum atomic E-state index is -2.07. The lowest BCUT2D eigenvalue weighted by molar-refractivity contribution is -0.00000619. The molecule has 0 spiro atoms. The summed E-state index contributed by atoms with van der Waals surface area (Å²) in [5.74, 6) is 0. The van der Waals surface area contributed by atoms with Gasteiger partial charge in [0.05, 0.1) is 5.69 Å².